The van der Waals surface area contributed by atoms with Crippen LogP contribution in [-0.4, -0.2) is 14.8 Å². The second kappa shape index (κ2) is 5.17. The van der Waals surface area contributed by atoms with Crippen molar-refractivity contribution in [1.82, 2.24) is 14.8 Å². The molecule has 2 aromatic carbocycles. The van der Waals surface area contributed by atoms with Crippen molar-refractivity contribution in [3.63, 3.8) is 0 Å². The van der Waals surface area contributed by atoms with E-state index in [-0.39, 0.29) is 5.69 Å². The highest BCUT2D eigenvalue weighted by atomic mass is 16.1. The Bertz CT molecular complexity index is 772. The molecule has 20 heavy (non-hydrogen) atoms. The summed E-state index contributed by atoms with van der Waals surface area (Å²) in [7, 11) is 0. The highest BCUT2D eigenvalue weighted by Gasteiger charge is 2.10. The maximum atomic E-state index is 12.1. The quantitative estimate of drug-likeness (QED) is 0.791. The van der Waals surface area contributed by atoms with Crippen LogP contribution in [0.5, 0.6) is 0 Å². The smallest absolute Gasteiger partial charge is 0.288 e. The van der Waals surface area contributed by atoms with Gasteiger partial charge in [0.2, 0.25) is 0 Å². The van der Waals surface area contributed by atoms with E-state index in [1.54, 1.807) is 0 Å². The van der Waals surface area contributed by atoms with E-state index < -0.39 is 0 Å². The van der Waals surface area contributed by atoms with Crippen molar-refractivity contribution >= 4 is 0 Å². The molecule has 100 valence electrons. The summed E-state index contributed by atoms with van der Waals surface area (Å²) in [6.07, 6.45) is 0.857. The van der Waals surface area contributed by atoms with Crippen LogP contribution in [0.15, 0.2) is 59.4 Å². The largest absolute Gasteiger partial charge is 0.348 e. The van der Waals surface area contributed by atoms with Crippen molar-refractivity contribution in [2.45, 2.75) is 13.3 Å². The average Bonchev–Trinajstić information content (AvgIpc) is 2.90. The molecule has 0 fully saturated rings. The summed E-state index contributed by atoms with van der Waals surface area (Å²) < 4.78 is 1.43. The lowest BCUT2D eigenvalue weighted by molar-refractivity contribution is 0.830. The number of hydrogen-bond donors (Lipinski definition) is 1. The topological polar surface area (TPSA) is 50.7 Å². The lowest BCUT2D eigenvalue weighted by Gasteiger charge is -2.05. The first kappa shape index (κ1) is 12.4. The molecule has 0 bridgehead atoms. The maximum Gasteiger partial charge on any atom is 0.348 e. The summed E-state index contributed by atoms with van der Waals surface area (Å²) in [5, 5.41) is 4.41. The molecule has 1 heterocycles. The summed E-state index contributed by atoms with van der Waals surface area (Å²) in [4.78, 5) is 14.9. The van der Waals surface area contributed by atoms with Gasteiger partial charge in [-0.1, -0.05) is 55.5 Å². The molecule has 0 aliphatic rings. The second-order valence-corrected chi connectivity index (χ2v) is 4.54. The number of H-pyrrole nitrogens is 1. The van der Waals surface area contributed by atoms with Crippen molar-refractivity contribution in [2.24, 2.45) is 0 Å². The van der Waals surface area contributed by atoms with Gasteiger partial charge in [-0.05, 0) is 18.1 Å². The Morgan fingerprint density at radius 2 is 1.75 bits per heavy atom. The summed E-state index contributed by atoms with van der Waals surface area (Å²) in [6.45, 7) is 2.06. The molecule has 0 spiro atoms. The SMILES string of the molecule is CCc1ccccc1-n1nc(-c2ccccc2)[nH]c1=O. The molecule has 4 nitrogen and oxygen atoms in total. The zero-order valence-electron chi connectivity index (χ0n) is 11.2. The minimum absolute atomic E-state index is 0.218. The van der Waals surface area contributed by atoms with Crippen LogP contribution < -0.4 is 5.69 Å². The van der Waals surface area contributed by atoms with Gasteiger partial charge in [0.1, 0.15) is 0 Å². The molecular formula is C16H15N3O. The summed E-state index contributed by atoms with van der Waals surface area (Å²) in [5.74, 6) is 0.585. The van der Waals surface area contributed by atoms with Crippen LogP contribution in [0.3, 0.4) is 0 Å². The molecule has 1 N–H and O–H groups in total. The zero-order valence-corrected chi connectivity index (χ0v) is 11.2. The van der Waals surface area contributed by atoms with Crippen LogP contribution >= 0.6 is 0 Å². The standard InChI is InChI=1S/C16H15N3O/c1-2-12-8-6-7-11-14(12)19-16(20)17-15(18-19)13-9-4-3-5-10-13/h3-11H,2H2,1H3,(H,17,18,20). The number of aromatic nitrogens is 3. The van der Waals surface area contributed by atoms with Crippen LogP contribution in [0.25, 0.3) is 17.1 Å². The van der Waals surface area contributed by atoms with E-state index in [0.717, 1.165) is 23.2 Å². The van der Waals surface area contributed by atoms with Crippen molar-refractivity contribution in [2.75, 3.05) is 0 Å². The summed E-state index contributed by atoms with van der Waals surface area (Å²) >= 11 is 0. The first-order chi connectivity index (χ1) is 9.79. The van der Waals surface area contributed by atoms with Gasteiger partial charge >= 0.3 is 5.69 Å². The summed E-state index contributed by atoms with van der Waals surface area (Å²) in [6, 6.07) is 17.4. The monoisotopic (exact) mass is 265 g/mol. The molecule has 3 aromatic rings. The van der Waals surface area contributed by atoms with Gasteiger partial charge in [0.25, 0.3) is 0 Å². The van der Waals surface area contributed by atoms with Crippen molar-refractivity contribution < 1.29 is 0 Å². The molecule has 1 aromatic heterocycles. The Morgan fingerprint density at radius 3 is 2.50 bits per heavy atom. The van der Waals surface area contributed by atoms with Gasteiger partial charge in [0.15, 0.2) is 5.82 Å². The van der Waals surface area contributed by atoms with Crippen LogP contribution in [0.1, 0.15) is 12.5 Å². The molecule has 0 atom stereocenters. The number of hydrogen-bond acceptors (Lipinski definition) is 2. The van der Waals surface area contributed by atoms with Gasteiger partial charge in [-0.25, -0.2) is 4.79 Å². The highest BCUT2D eigenvalue weighted by Crippen LogP contribution is 2.16. The van der Waals surface area contributed by atoms with Crippen LogP contribution in [0, 0.1) is 0 Å². The Balaban J connectivity index is 2.13. The maximum absolute atomic E-state index is 12.1. The van der Waals surface area contributed by atoms with E-state index in [1.807, 2.05) is 54.6 Å². The third-order valence-corrected chi connectivity index (χ3v) is 3.27. The van der Waals surface area contributed by atoms with E-state index >= 15 is 0 Å². The van der Waals surface area contributed by atoms with E-state index in [9.17, 15) is 4.79 Å². The molecule has 3 rings (SSSR count). The van der Waals surface area contributed by atoms with E-state index in [4.69, 9.17) is 0 Å². The van der Waals surface area contributed by atoms with Crippen molar-refractivity contribution in [1.29, 1.82) is 0 Å². The fourth-order valence-corrected chi connectivity index (χ4v) is 2.23. The number of nitrogens with zero attached hydrogens (tertiary/aromatic N) is 2. The highest BCUT2D eigenvalue weighted by molar-refractivity contribution is 5.54. The fraction of sp³-hybridized carbons (Fsp3) is 0.125. The van der Waals surface area contributed by atoms with E-state index in [2.05, 4.69) is 17.0 Å². The molecule has 0 unspecified atom stereocenters. The Kier molecular flexibility index (Phi) is 3.21. The van der Waals surface area contributed by atoms with E-state index in [0.29, 0.717) is 5.82 Å². The molecule has 0 amide bonds. The molecule has 0 aliphatic carbocycles. The van der Waals surface area contributed by atoms with Crippen LogP contribution in [0.2, 0.25) is 0 Å². The van der Waals surface area contributed by atoms with Gasteiger partial charge in [0.05, 0.1) is 5.69 Å². The summed E-state index contributed by atoms with van der Waals surface area (Å²) in [5.41, 5.74) is 2.61. The minimum atomic E-state index is -0.218. The van der Waals surface area contributed by atoms with Gasteiger partial charge in [-0.15, -0.1) is 5.10 Å². The molecule has 0 saturated carbocycles. The van der Waals surface area contributed by atoms with Gasteiger partial charge < -0.3 is 0 Å². The van der Waals surface area contributed by atoms with E-state index in [1.165, 1.54) is 4.68 Å². The lowest BCUT2D eigenvalue weighted by atomic mass is 10.1. The average molecular weight is 265 g/mol. The van der Waals surface area contributed by atoms with Gasteiger partial charge in [0, 0.05) is 5.56 Å². The third kappa shape index (κ3) is 2.16. The fourth-order valence-electron chi connectivity index (χ4n) is 2.23. The van der Waals surface area contributed by atoms with Crippen molar-refractivity contribution in [3.8, 4) is 17.1 Å². The molecule has 0 radical (unpaired) electrons. The Morgan fingerprint density at radius 1 is 1.05 bits per heavy atom. The third-order valence-electron chi connectivity index (χ3n) is 3.27. The first-order valence-electron chi connectivity index (χ1n) is 6.62. The first-order valence-corrected chi connectivity index (χ1v) is 6.62. The van der Waals surface area contributed by atoms with Crippen molar-refractivity contribution in [3.05, 3.63) is 70.6 Å². The minimum Gasteiger partial charge on any atom is -0.288 e. The predicted molar refractivity (Wildman–Crippen MR) is 79.0 cm³/mol. The zero-order chi connectivity index (χ0) is 13.9. The van der Waals surface area contributed by atoms with Crippen LogP contribution in [0.4, 0.5) is 0 Å². The predicted octanol–water partition coefficient (Wildman–Crippen LogP) is 2.79. The lowest BCUT2D eigenvalue weighted by Crippen LogP contribution is -2.17. The number of nitrogens with one attached hydrogen (secondary N) is 1. The second-order valence-electron chi connectivity index (χ2n) is 4.54. The Hall–Kier alpha value is -2.62. The number of rotatable bonds is 3. The number of aryl methyl sites for hydroxylation is 1. The van der Waals surface area contributed by atoms with Crippen LogP contribution in [-0.2, 0) is 6.42 Å². The number of para-hydroxylation sites is 1. The number of aromatic amines is 1. The Labute approximate surface area is 116 Å². The molecule has 4 heteroatoms. The number of benzene rings is 2. The molecular weight excluding hydrogens is 250 g/mol. The van der Waals surface area contributed by atoms with Gasteiger partial charge in [-0.2, -0.15) is 4.68 Å². The van der Waals surface area contributed by atoms with Gasteiger partial charge in [-0.3, -0.25) is 4.98 Å². The molecule has 0 saturated heterocycles. The normalized spacial score (nSPS) is 10.7. The molecule has 0 aliphatic heterocycles.